The minimum atomic E-state index is 0.0942. The number of aryl methyl sites for hydroxylation is 1. The Bertz CT molecular complexity index is 660. The van der Waals surface area contributed by atoms with Gasteiger partial charge in [-0.3, -0.25) is 0 Å². The molecule has 0 bridgehead atoms. The Kier molecular flexibility index (Phi) is 4.75. The molecule has 0 saturated carbocycles. The van der Waals surface area contributed by atoms with Gasteiger partial charge in [0.15, 0.2) is 0 Å². The lowest BCUT2D eigenvalue weighted by atomic mass is 9.81. The van der Waals surface area contributed by atoms with Crippen LogP contribution in [0.2, 0.25) is 0 Å². The highest BCUT2D eigenvalue weighted by Crippen LogP contribution is 2.34. The van der Waals surface area contributed by atoms with Crippen molar-refractivity contribution in [2.45, 2.75) is 46.6 Å². The topological polar surface area (TPSA) is 9.23 Å². The first-order valence-corrected chi connectivity index (χ1v) is 7.77. The van der Waals surface area contributed by atoms with Gasteiger partial charge in [0, 0.05) is 0 Å². The van der Waals surface area contributed by atoms with Crippen molar-refractivity contribution in [1.29, 1.82) is 0 Å². The van der Waals surface area contributed by atoms with Crippen molar-refractivity contribution < 1.29 is 4.74 Å². The fourth-order valence-electron chi connectivity index (χ4n) is 2.55. The first kappa shape index (κ1) is 16.4. The molecular formula is C21H26O. The third-order valence-corrected chi connectivity index (χ3v) is 3.82. The van der Waals surface area contributed by atoms with Crippen molar-refractivity contribution in [3.63, 3.8) is 0 Å². The molecule has 0 N–H and O–H groups in total. The van der Waals surface area contributed by atoms with Crippen molar-refractivity contribution in [1.82, 2.24) is 0 Å². The van der Waals surface area contributed by atoms with E-state index in [4.69, 9.17) is 4.74 Å². The van der Waals surface area contributed by atoms with E-state index in [-0.39, 0.29) is 5.41 Å². The Labute approximate surface area is 134 Å². The summed E-state index contributed by atoms with van der Waals surface area (Å²) >= 11 is 0. The van der Waals surface area contributed by atoms with Crippen LogP contribution in [-0.2, 0) is 12.0 Å². The first-order chi connectivity index (χ1) is 10.3. The molecule has 1 nitrogen and oxygen atoms in total. The summed E-state index contributed by atoms with van der Waals surface area (Å²) in [6.07, 6.45) is 0. The maximum absolute atomic E-state index is 6.04. The van der Waals surface area contributed by atoms with E-state index in [0.717, 1.165) is 11.3 Å². The molecular weight excluding hydrogens is 268 g/mol. The summed E-state index contributed by atoms with van der Waals surface area (Å²) in [6, 6.07) is 14.6. The maximum atomic E-state index is 6.04. The predicted molar refractivity (Wildman–Crippen MR) is 95.4 cm³/mol. The molecule has 116 valence electrons. The van der Waals surface area contributed by atoms with Gasteiger partial charge < -0.3 is 4.74 Å². The van der Waals surface area contributed by atoms with Gasteiger partial charge in [0.05, 0.1) is 0 Å². The quantitative estimate of drug-likeness (QED) is 0.681. The predicted octanol–water partition coefficient (Wildman–Crippen LogP) is 5.90. The number of rotatable bonds is 4. The second-order valence-electron chi connectivity index (χ2n) is 6.97. The van der Waals surface area contributed by atoms with Crippen LogP contribution < -0.4 is 4.74 Å². The van der Waals surface area contributed by atoms with Crippen molar-refractivity contribution in [3.05, 3.63) is 71.3 Å². The molecule has 0 aliphatic heterocycles. The van der Waals surface area contributed by atoms with E-state index >= 15 is 0 Å². The summed E-state index contributed by atoms with van der Waals surface area (Å²) in [4.78, 5) is 0. The summed E-state index contributed by atoms with van der Waals surface area (Å²) in [6.45, 7) is 15.6. The van der Waals surface area contributed by atoms with Crippen LogP contribution >= 0.6 is 0 Å². The molecule has 0 unspecified atom stereocenters. The normalized spacial score (nSPS) is 11.3. The fraction of sp³-hybridized carbons (Fsp3) is 0.333. The second kappa shape index (κ2) is 6.39. The molecule has 0 fully saturated rings. The zero-order valence-corrected chi connectivity index (χ0v) is 14.4. The van der Waals surface area contributed by atoms with Crippen molar-refractivity contribution >= 4 is 5.57 Å². The van der Waals surface area contributed by atoms with Crippen LogP contribution in [0.5, 0.6) is 5.75 Å². The molecule has 0 heterocycles. The Balaban J connectivity index is 2.33. The largest absolute Gasteiger partial charge is 0.489 e. The Morgan fingerprint density at radius 3 is 2.27 bits per heavy atom. The van der Waals surface area contributed by atoms with Crippen LogP contribution in [0.15, 0.2) is 49.0 Å². The monoisotopic (exact) mass is 294 g/mol. The minimum Gasteiger partial charge on any atom is -0.489 e. The van der Waals surface area contributed by atoms with Gasteiger partial charge in [-0.2, -0.15) is 0 Å². The molecule has 0 atom stereocenters. The zero-order valence-electron chi connectivity index (χ0n) is 14.4. The lowest BCUT2D eigenvalue weighted by Crippen LogP contribution is -2.14. The van der Waals surface area contributed by atoms with Crippen LogP contribution in [0.1, 0.15) is 49.9 Å². The van der Waals surface area contributed by atoms with E-state index < -0.39 is 0 Å². The zero-order chi connectivity index (χ0) is 16.3. The number of ether oxygens (including phenoxy) is 1. The van der Waals surface area contributed by atoms with E-state index in [1.165, 1.54) is 22.3 Å². The van der Waals surface area contributed by atoms with Gasteiger partial charge in [0.25, 0.3) is 0 Å². The third-order valence-electron chi connectivity index (χ3n) is 3.82. The molecule has 0 saturated heterocycles. The van der Waals surface area contributed by atoms with Gasteiger partial charge >= 0.3 is 0 Å². The molecule has 0 aliphatic carbocycles. The van der Waals surface area contributed by atoms with Gasteiger partial charge in [-0.05, 0) is 47.6 Å². The van der Waals surface area contributed by atoms with E-state index in [0.29, 0.717) is 6.61 Å². The third kappa shape index (κ3) is 3.79. The molecule has 0 spiro atoms. The van der Waals surface area contributed by atoms with Gasteiger partial charge in [-0.15, -0.1) is 0 Å². The summed E-state index contributed by atoms with van der Waals surface area (Å²) in [5.41, 5.74) is 6.04. The van der Waals surface area contributed by atoms with Crippen molar-refractivity contribution in [2.24, 2.45) is 0 Å². The highest BCUT2D eigenvalue weighted by molar-refractivity contribution is 5.68. The van der Waals surface area contributed by atoms with Crippen LogP contribution in [0.25, 0.3) is 5.57 Å². The smallest absolute Gasteiger partial charge is 0.123 e. The molecule has 0 aromatic heterocycles. The van der Waals surface area contributed by atoms with Crippen LogP contribution in [0.4, 0.5) is 0 Å². The van der Waals surface area contributed by atoms with Gasteiger partial charge in [0.2, 0.25) is 0 Å². The fourth-order valence-corrected chi connectivity index (χ4v) is 2.55. The Morgan fingerprint density at radius 1 is 1.09 bits per heavy atom. The molecule has 0 radical (unpaired) electrons. The lowest BCUT2D eigenvalue weighted by molar-refractivity contribution is 0.303. The highest BCUT2D eigenvalue weighted by Gasteiger charge is 2.20. The average molecular weight is 294 g/mol. The van der Waals surface area contributed by atoms with Gasteiger partial charge in [0.1, 0.15) is 12.4 Å². The number of allylic oxidation sites excluding steroid dienone is 1. The average Bonchev–Trinajstić information content (AvgIpc) is 2.45. The van der Waals surface area contributed by atoms with Gasteiger partial charge in [-0.1, -0.05) is 69.3 Å². The Morgan fingerprint density at radius 2 is 1.73 bits per heavy atom. The summed E-state index contributed by atoms with van der Waals surface area (Å²) in [5.74, 6) is 0.940. The second-order valence-corrected chi connectivity index (χ2v) is 6.97. The standard InChI is InChI=1S/C21H26O/c1-15(2)18-13-20(16(3)12-19(18)21(4,5)6)22-14-17-10-8-7-9-11-17/h7-13H,1,14H2,2-6H3. The van der Waals surface area contributed by atoms with E-state index in [1.54, 1.807) is 0 Å². The molecule has 2 rings (SSSR count). The van der Waals surface area contributed by atoms with Crippen LogP contribution in [-0.4, -0.2) is 0 Å². The number of hydrogen-bond acceptors (Lipinski definition) is 1. The molecule has 2 aromatic rings. The molecule has 2 aromatic carbocycles. The summed E-state index contributed by atoms with van der Waals surface area (Å²) in [7, 11) is 0. The van der Waals surface area contributed by atoms with E-state index in [9.17, 15) is 0 Å². The molecule has 0 aliphatic rings. The number of benzene rings is 2. The van der Waals surface area contributed by atoms with E-state index in [1.807, 2.05) is 18.2 Å². The van der Waals surface area contributed by atoms with E-state index in [2.05, 4.69) is 65.5 Å². The van der Waals surface area contributed by atoms with Crippen LogP contribution in [0, 0.1) is 6.92 Å². The molecule has 1 heteroatoms. The Hall–Kier alpha value is -2.02. The molecule has 0 amide bonds. The first-order valence-electron chi connectivity index (χ1n) is 7.77. The van der Waals surface area contributed by atoms with Crippen molar-refractivity contribution in [2.75, 3.05) is 0 Å². The van der Waals surface area contributed by atoms with Crippen molar-refractivity contribution in [3.8, 4) is 5.75 Å². The molecule has 22 heavy (non-hydrogen) atoms. The van der Waals surface area contributed by atoms with Crippen LogP contribution in [0.3, 0.4) is 0 Å². The van der Waals surface area contributed by atoms with Gasteiger partial charge in [-0.25, -0.2) is 0 Å². The maximum Gasteiger partial charge on any atom is 0.123 e. The number of hydrogen-bond donors (Lipinski definition) is 0. The summed E-state index contributed by atoms with van der Waals surface area (Å²) < 4.78 is 6.04. The summed E-state index contributed by atoms with van der Waals surface area (Å²) in [5, 5.41) is 0. The highest BCUT2D eigenvalue weighted by atomic mass is 16.5. The minimum absolute atomic E-state index is 0.0942. The lowest BCUT2D eigenvalue weighted by Gasteiger charge is -2.25. The SMILES string of the molecule is C=C(C)c1cc(OCc2ccccc2)c(C)cc1C(C)(C)C.